The van der Waals surface area contributed by atoms with Crippen LogP contribution in [-0.4, -0.2) is 28.3 Å². The van der Waals surface area contributed by atoms with Crippen LogP contribution < -0.4 is 15.8 Å². The molecule has 0 unspecified atom stereocenters. The number of hydrogen-bond acceptors (Lipinski definition) is 7. The molecule has 0 amide bonds. The molecule has 2 fully saturated rings. The van der Waals surface area contributed by atoms with E-state index >= 15 is 0 Å². The van der Waals surface area contributed by atoms with Crippen molar-refractivity contribution in [1.82, 2.24) is 9.97 Å². The fraction of sp³-hybridized carbons (Fsp3) is 0.364. The molecule has 148 valence electrons. The Hall–Kier alpha value is -3.40. The summed E-state index contributed by atoms with van der Waals surface area (Å²) in [6, 6.07) is 10.6. The Morgan fingerprint density at radius 3 is 2.72 bits per heavy atom. The minimum absolute atomic E-state index is 0.135. The third-order valence-electron chi connectivity index (χ3n) is 5.09. The van der Waals surface area contributed by atoms with E-state index in [1.54, 1.807) is 12.4 Å². The number of hydrogen-bond donors (Lipinski definition) is 2. The molecule has 0 aliphatic heterocycles. The Labute approximate surface area is 170 Å². The first-order valence-corrected chi connectivity index (χ1v) is 9.87. The van der Waals surface area contributed by atoms with E-state index in [1.165, 1.54) is 6.20 Å². The third kappa shape index (κ3) is 4.72. The molecule has 7 heteroatoms. The predicted molar refractivity (Wildman–Crippen MR) is 112 cm³/mol. The summed E-state index contributed by atoms with van der Waals surface area (Å²) in [7, 11) is 0. The smallest absolute Gasteiger partial charge is 0.227 e. The van der Waals surface area contributed by atoms with Crippen LogP contribution in [0.3, 0.4) is 0 Å². The number of rotatable bonds is 7. The van der Waals surface area contributed by atoms with Crippen LogP contribution in [-0.2, 0) is 0 Å². The van der Waals surface area contributed by atoms with E-state index < -0.39 is 0 Å². The number of nitriles is 1. The zero-order chi connectivity index (χ0) is 20.2. The summed E-state index contributed by atoms with van der Waals surface area (Å²) in [5.41, 5.74) is 9.17. The number of nitrogens with two attached hydrogens (primary N) is 1. The zero-order valence-corrected chi connectivity index (χ0v) is 16.4. The molecule has 0 bridgehead atoms. The van der Waals surface area contributed by atoms with Crippen molar-refractivity contribution < 1.29 is 4.74 Å². The highest BCUT2D eigenvalue weighted by molar-refractivity contribution is 5.82. The van der Waals surface area contributed by atoms with Gasteiger partial charge >= 0.3 is 0 Å². The van der Waals surface area contributed by atoms with Crippen molar-refractivity contribution in [2.24, 2.45) is 16.6 Å². The molecule has 2 aliphatic rings. The number of ether oxygens (including phenoxy) is 1. The second kappa shape index (κ2) is 8.31. The van der Waals surface area contributed by atoms with Gasteiger partial charge in [0, 0.05) is 37.0 Å². The molecule has 7 nitrogen and oxygen atoms in total. The minimum Gasteiger partial charge on any atom is -0.490 e. The van der Waals surface area contributed by atoms with E-state index in [0.717, 1.165) is 48.3 Å². The van der Waals surface area contributed by atoms with Crippen LogP contribution in [0.15, 0.2) is 47.4 Å². The van der Waals surface area contributed by atoms with Crippen LogP contribution in [0.4, 0.5) is 5.95 Å². The summed E-state index contributed by atoms with van der Waals surface area (Å²) in [6.07, 6.45) is 9.02. The lowest BCUT2D eigenvalue weighted by Crippen LogP contribution is -2.32. The van der Waals surface area contributed by atoms with Gasteiger partial charge in [0.15, 0.2) is 0 Å². The average molecular weight is 388 g/mol. The minimum atomic E-state index is 0.135. The number of aryl methyl sites for hydroxylation is 1. The van der Waals surface area contributed by atoms with E-state index in [9.17, 15) is 0 Å². The normalized spacial score (nSPS) is 21.4. The second-order valence-electron chi connectivity index (χ2n) is 7.54. The van der Waals surface area contributed by atoms with Crippen molar-refractivity contribution in [2.75, 3.05) is 5.32 Å². The maximum absolute atomic E-state index is 8.87. The number of nitrogens with one attached hydrogen (secondary N) is 1. The van der Waals surface area contributed by atoms with Crippen molar-refractivity contribution in [3.05, 3.63) is 47.9 Å². The molecule has 1 aromatic heterocycles. The molecule has 3 N–H and O–H groups in total. The fourth-order valence-electron chi connectivity index (χ4n) is 3.10. The molecule has 4 rings (SSSR count). The first-order valence-electron chi connectivity index (χ1n) is 9.87. The van der Waals surface area contributed by atoms with E-state index in [0.29, 0.717) is 17.7 Å². The van der Waals surface area contributed by atoms with Gasteiger partial charge in [-0.2, -0.15) is 5.26 Å². The molecule has 0 spiro atoms. The number of anilines is 1. The largest absolute Gasteiger partial charge is 0.490 e. The Morgan fingerprint density at radius 1 is 1.31 bits per heavy atom. The first kappa shape index (κ1) is 18.9. The van der Waals surface area contributed by atoms with Gasteiger partial charge in [-0.25, -0.2) is 9.97 Å². The fourth-order valence-corrected chi connectivity index (χ4v) is 3.10. The number of nitrogens with zero attached hydrogens (tertiary/aromatic N) is 4. The van der Waals surface area contributed by atoms with Crippen molar-refractivity contribution in [2.45, 2.75) is 44.8 Å². The number of aromatic nitrogens is 2. The van der Waals surface area contributed by atoms with Crippen LogP contribution in [0.1, 0.15) is 31.2 Å². The van der Waals surface area contributed by atoms with E-state index in [2.05, 4.69) is 26.3 Å². The number of aliphatic imine (C=N–C) groups is 1. The summed E-state index contributed by atoms with van der Waals surface area (Å²) in [4.78, 5) is 13.4. The van der Waals surface area contributed by atoms with Crippen molar-refractivity contribution in [3.8, 4) is 23.1 Å². The number of allylic oxidation sites excluding steroid dienone is 1. The maximum atomic E-state index is 8.87. The van der Waals surface area contributed by atoms with Gasteiger partial charge in [0.2, 0.25) is 5.95 Å². The lowest BCUT2D eigenvalue weighted by atomic mass is 9.83. The Kier molecular flexibility index (Phi) is 5.43. The van der Waals surface area contributed by atoms with Crippen molar-refractivity contribution in [1.29, 1.82) is 5.26 Å². The first-order chi connectivity index (χ1) is 14.1. The molecular formula is C22H24N6O. The summed E-state index contributed by atoms with van der Waals surface area (Å²) in [5, 5.41) is 12.0. The van der Waals surface area contributed by atoms with Gasteiger partial charge in [0.25, 0.3) is 0 Å². The summed E-state index contributed by atoms with van der Waals surface area (Å²) >= 11 is 0. The van der Waals surface area contributed by atoms with Crippen LogP contribution in [0.5, 0.6) is 5.75 Å². The zero-order valence-electron chi connectivity index (χ0n) is 16.4. The standard InChI is InChI=1S/C22H24N6O/c1-14-12-26-22(27-18(11-24)13-25-17-4-5-17)28-21(14)16-2-6-19(7-3-16)29-20-8-15(9-20)10-23/h2-3,6-7,11-13,15,17,20H,4-5,8-9,24H2,1H3,(H,26,27,28). The topological polar surface area (TPSA) is 109 Å². The van der Waals surface area contributed by atoms with Gasteiger partial charge in [0.05, 0.1) is 29.4 Å². The monoisotopic (exact) mass is 388 g/mol. The van der Waals surface area contributed by atoms with E-state index in [-0.39, 0.29) is 12.0 Å². The summed E-state index contributed by atoms with van der Waals surface area (Å²) in [6.45, 7) is 1.98. The van der Waals surface area contributed by atoms with Gasteiger partial charge < -0.3 is 15.8 Å². The molecule has 0 radical (unpaired) electrons. The molecule has 2 saturated carbocycles. The quantitative estimate of drug-likeness (QED) is 0.702. The molecular weight excluding hydrogens is 364 g/mol. The highest BCUT2D eigenvalue weighted by Crippen LogP contribution is 2.32. The molecule has 0 saturated heterocycles. The van der Waals surface area contributed by atoms with Gasteiger partial charge in [0.1, 0.15) is 11.9 Å². The maximum Gasteiger partial charge on any atom is 0.227 e. The predicted octanol–water partition coefficient (Wildman–Crippen LogP) is 3.58. The number of benzene rings is 1. The summed E-state index contributed by atoms with van der Waals surface area (Å²) < 4.78 is 5.91. The Bertz CT molecular complexity index is 966. The Balaban J connectivity index is 1.45. The highest BCUT2D eigenvalue weighted by Gasteiger charge is 2.30. The SMILES string of the molecule is Cc1cnc(NC(C=NC2CC2)=CN)nc1-c1ccc(OC2CC(C#N)C2)cc1. The van der Waals surface area contributed by atoms with Gasteiger partial charge in [-0.1, -0.05) is 0 Å². The third-order valence-corrected chi connectivity index (χ3v) is 5.09. The lowest BCUT2D eigenvalue weighted by Gasteiger charge is -2.30. The van der Waals surface area contributed by atoms with Crippen LogP contribution >= 0.6 is 0 Å². The second-order valence-corrected chi connectivity index (χ2v) is 7.54. The molecule has 1 aromatic carbocycles. The average Bonchev–Trinajstić information content (AvgIpc) is 3.54. The van der Waals surface area contributed by atoms with Gasteiger partial charge in [-0.05, 0) is 49.6 Å². The van der Waals surface area contributed by atoms with E-state index in [1.807, 2.05) is 31.2 Å². The Morgan fingerprint density at radius 2 is 2.07 bits per heavy atom. The molecule has 2 aromatic rings. The highest BCUT2D eigenvalue weighted by atomic mass is 16.5. The lowest BCUT2D eigenvalue weighted by molar-refractivity contribution is 0.0893. The van der Waals surface area contributed by atoms with Crippen molar-refractivity contribution >= 4 is 12.2 Å². The molecule has 2 aliphatic carbocycles. The molecule has 29 heavy (non-hydrogen) atoms. The summed E-state index contributed by atoms with van der Waals surface area (Å²) in [5.74, 6) is 1.42. The molecule has 1 heterocycles. The van der Waals surface area contributed by atoms with Gasteiger partial charge in [-0.3, -0.25) is 4.99 Å². The molecule has 0 atom stereocenters. The van der Waals surface area contributed by atoms with Crippen molar-refractivity contribution in [3.63, 3.8) is 0 Å². The van der Waals surface area contributed by atoms with Gasteiger partial charge in [-0.15, -0.1) is 0 Å². The van der Waals surface area contributed by atoms with Crippen LogP contribution in [0, 0.1) is 24.2 Å². The van der Waals surface area contributed by atoms with Crippen LogP contribution in [0.25, 0.3) is 11.3 Å². The van der Waals surface area contributed by atoms with Crippen LogP contribution in [0.2, 0.25) is 0 Å². The van der Waals surface area contributed by atoms with E-state index in [4.69, 9.17) is 15.7 Å².